The van der Waals surface area contributed by atoms with Gasteiger partial charge in [-0.15, -0.1) is 0 Å². The van der Waals surface area contributed by atoms with Gasteiger partial charge in [0.25, 0.3) is 0 Å². The van der Waals surface area contributed by atoms with Gasteiger partial charge in [-0.05, 0) is 42.5 Å². The molecule has 3 heterocycles. The maximum atomic E-state index is 4.68. The van der Waals surface area contributed by atoms with Crippen LogP contribution < -0.4 is 10.2 Å². The maximum Gasteiger partial charge on any atom is 0.194 e. The number of pyridine rings is 1. The van der Waals surface area contributed by atoms with Crippen LogP contribution >= 0.6 is 0 Å². The van der Waals surface area contributed by atoms with Gasteiger partial charge in [0.1, 0.15) is 5.82 Å². The van der Waals surface area contributed by atoms with E-state index in [2.05, 4.69) is 81.1 Å². The topological polar surface area (TPSA) is 48.7 Å². The molecule has 0 radical (unpaired) electrons. The molecule has 6 nitrogen and oxygen atoms in total. The fourth-order valence-electron chi connectivity index (χ4n) is 3.49. The first-order valence-electron chi connectivity index (χ1n) is 9.78. The monoisotopic (exact) mass is 368 g/mol. The molecule has 2 aromatic heterocycles. The lowest BCUT2D eigenvalue weighted by Crippen LogP contribution is -2.38. The lowest BCUT2D eigenvalue weighted by Gasteiger charge is -2.31. The summed E-state index contributed by atoms with van der Waals surface area (Å²) in [6.45, 7) is 6.09. The SMILES string of the molecule is CN=C(NCc1ccc(N2CCC(C)CC2)nc1)N(C)Cc1cccn1C. The molecule has 0 bridgehead atoms. The first kappa shape index (κ1) is 19.3. The number of nitrogens with one attached hydrogen (secondary N) is 1. The average molecular weight is 369 g/mol. The minimum absolute atomic E-state index is 0.717. The van der Waals surface area contributed by atoms with Crippen LogP contribution in [-0.2, 0) is 20.1 Å². The normalized spacial score (nSPS) is 15.9. The van der Waals surface area contributed by atoms with Crippen LogP contribution in [0, 0.1) is 5.92 Å². The summed E-state index contributed by atoms with van der Waals surface area (Å²) in [6, 6.07) is 8.50. The maximum absolute atomic E-state index is 4.68. The molecule has 1 saturated heterocycles. The van der Waals surface area contributed by atoms with Crippen LogP contribution in [-0.4, -0.2) is 47.6 Å². The van der Waals surface area contributed by atoms with Crippen molar-refractivity contribution in [3.63, 3.8) is 0 Å². The van der Waals surface area contributed by atoms with E-state index in [1.165, 1.54) is 18.5 Å². The molecule has 0 unspecified atom stereocenters. The number of hydrogen-bond acceptors (Lipinski definition) is 3. The Morgan fingerprint density at radius 2 is 2.07 bits per heavy atom. The number of piperidine rings is 1. The van der Waals surface area contributed by atoms with Crippen molar-refractivity contribution in [2.24, 2.45) is 18.0 Å². The predicted octanol–water partition coefficient (Wildman–Crippen LogP) is 2.86. The molecule has 0 saturated carbocycles. The lowest BCUT2D eigenvalue weighted by atomic mass is 9.99. The van der Waals surface area contributed by atoms with Crippen LogP contribution in [0.1, 0.15) is 31.0 Å². The van der Waals surface area contributed by atoms with E-state index in [1.54, 1.807) is 0 Å². The number of rotatable bonds is 5. The molecule has 3 rings (SSSR count). The van der Waals surface area contributed by atoms with Gasteiger partial charge in [0.2, 0.25) is 0 Å². The zero-order valence-electron chi connectivity index (χ0n) is 17.0. The van der Waals surface area contributed by atoms with Crippen molar-refractivity contribution in [2.45, 2.75) is 32.9 Å². The van der Waals surface area contributed by atoms with Gasteiger partial charge in [-0.3, -0.25) is 4.99 Å². The third kappa shape index (κ3) is 5.02. The molecule has 2 aromatic rings. The second-order valence-corrected chi connectivity index (χ2v) is 7.56. The summed E-state index contributed by atoms with van der Waals surface area (Å²) in [5.41, 5.74) is 2.42. The van der Waals surface area contributed by atoms with Crippen molar-refractivity contribution in [1.29, 1.82) is 0 Å². The van der Waals surface area contributed by atoms with E-state index in [0.717, 1.165) is 42.9 Å². The van der Waals surface area contributed by atoms with Gasteiger partial charge >= 0.3 is 0 Å². The zero-order valence-corrected chi connectivity index (χ0v) is 17.0. The van der Waals surface area contributed by atoms with Crippen LogP contribution in [0.15, 0.2) is 41.7 Å². The Hall–Kier alpha value is -2.50. The summed E-state index contributed by atoms with van der Waals surface area (Å²) in [6.07, 6.45) is 6.56. The zero-order chi connectivity index (χ0) is 19.2. The molecule has 146 valence electrons. The van der Waals surface area contributed by atoms with Crippen molar-refractivity contribution >= 4 is 11.8 Å². The predicted molar refractivity (Wildman–Crippen MR) is 112 cm³/mol. The number of guanidine groups is 1. The summed E-state index contributed by atoms with van der Waals surface area (Å²) in [5.74, 6) is 2.81. The summed E-state index contributed by atoms with van der Waals surface area (Å²) in [5, 5.41) is 3.44. The summed E-state index contributed by atoms with van der Waals surface area (Å²) < 4.78 is 2.13. The van der Waals surface area contributed by atoms with Gasteiger partial charge in [0.05, 0.1) is 6.54 Å². The van der Waals surface area contributed by atoms with Crippen molar-refractivity contribution in [3.05, 3.63) is 47.9 Å². The first-order chi connectivity index (χ1) is 13.1. The molecule has 1 N–H and O–H groups in total. The number of hydrogen-bond donors (Lipinski definition) is 1. The number of aryl methyl sites for hydroxylation is 1. The fraction of sp³-hybridized carbons (Fsp3) is 0.524. The Morgan fingerprint density at radius 3 is 2.67 bits per heavy atom. The van der Waals surface area contributed by atoms with Crippen molar-refractivity contribution in [3.8, 4) is 0 Å². The molecule has 0 aromatic carbocycles. The number of nitrogens with zero attached hydrogens (tertiary/aromatic N) is 5. The van der Waals surface area contributed by atoms with Crippen LogP contribution in [0.25, 0.3) is 0 Å². The van der Waals surface area contributed by atoms with E-state index in [1.807, 2.05) is 13.2 Å². The fourth-order valence-corrected chi connectivity index (χ4v) is 3.49. The number of aromatic nitrogens is 2. The lowest BCUT2D eigenvalue weighted by molar-refractivity contribution is 0.436. The molecule has 1 aliphatic heterocycles. The van der Waals surface area contributed by atoms with Crippen LogP contribution in [0.4, 0.5) is 5.82 Å². The largest absolute Gasteiger partial charge is 0.357 e. The molecule has 0 amide bonds. The van der Waals surface area contributed by atoms with Crippen LogP contribution in [0.2, 0.25) is 0 Å². The Labute approximate surface area is 162 Å². The molecular formula is C21H32N6. The molecule has 0 aliphatic carbocycles. The summed E-state index contributed by atoms with van der Waals surface area (Å²) in [7, 11) is 5.94. The van der Waals surface area contributed by atoms with E-state index in [-0.39, 0.29) is 0 Å². The van der Waals surface area contributed by atoms with E-state index in [0.29, 0.717) is 6.54 Å². The summed E-state index contributed by atoms with van der Waals surface area (Å²) in [4.78, 5) is 13.6. The number of aliphatic imine (C=N–C) groups is 1. The first-order valence-corrected chi connectivity index (χ1v) is 9.78. The van der Waals surface area contributed by atoms with Gasteiger partial charge in [-0.1, -0.05) is 13.0 Å². The number of anilines is 1. The average Bonchev–Trinajstić information content (AvgIpc) is 3.08. The molecule has 0 atom stereocenters. The van der Waals surface area contributed by atoms with Crippen LogP contribution in [0.3, 0.4) is 0 Å². The van der Waals surface area contributed by atoms with Crippen molar-refractivity contribution < 1.29 is 0 Å². The Balaban J connectivity index is 1.53. The van der Waals surface area contributed by atoms with Crippen molar-refractivity contribution in [2.75, 3.05) is 32.1 Å². The second kappa shape index (κ2) is 8.93. The smallest absolute Gasteiger partial charge is 0.194 e. The van der Waals surface area contributed by atoms with Crippen LogP contribution in [0.5, 0.6) is 0 Å². The van der Waals surface area contributed by atoms with Gasteiger partial charge in [-0.2, -0.15) is 0 Å². The molecule has 27 heavy (non-hydrogen) atoms. The highest BCUT2D eigenvalue weighted by atomic mass is 15.3. The van der Waals surface area contributed by atoms with Gasteiger partial charge in [-0.25, -0.2) is 4.98 Å². The second-order valence-electron chi connectivity index (χ2n) is 7.56. The Bertz CT molecular complexity index is 740. The molecular weight excluding hydrogens is 336 g/mol. The standard InChI is InChI=1S/C21H32N6/c1-17-9-12-27(13-10-17)20-8-7-18(14-23-20)15-24-21(22-2)26(4)16-19-6-5-11-25(19)3/h5-8,11,14,17H,9-10,12-13,15-16H2,1-4H3,(H,22,24). The quantitative estimate of drug-likeness (QED) is 0.651. The highest BCUT2D eigenvalue weighted by Crippen LogP contribution is 2.21. The van der Waals surface area contributed by atoms with E-state index in [9.17, 15) is 0 Å². The van der Waals surface area contributed by atoms with E-state index < -0.39 is 0 Å². The third-order valence-electron chi connectivity index (χ3n) is 5.39. The molecule has 6 heteroatoms. The van der Waals surface area contributed by atoms with Gasteiger partial charge in [0.15, 0.2) is 5.96 Å². The van der Waals surface area contributed by atoms with Crippen molar-refractivity contribution in [1.82, 2.24) is 19.8 Å². The minimum atomic E-state index is 0.717. The highest BCUT2D eigenvalue weighted by Gasteiger charge is 2.16. The van der Waals surface area contributed by atoms with Gasteiger partial charge < -0.3 is 19.7 Å². The van der Waals surface area contributed by atoms with E-state index in [4.69, 9.17) is 0 Å². The Morgan fingerprint density at radius 1 is 1.30 bits per heavy atom. The molecule has 1 fully saturated rings. The molecule has 1 aliphatic rings. The van der Waals surface area contributed by atoms with E-state index >= 15 is 0 Å². The minimum Gasteiger partial charge on any atom is -0.357 e. The highest BCUT2D eigenvalue weighted by molar-refractivity contribution is 5.79. The molecule has 0 spiro atoms. The Kier molecular flexibility index (Phi) is 6.37. The third-order valence-corrected chi connectivity index (χ3v) is 5.39. The van der Waals surface area contributed by atoms with Gasteiger partial charge in [0, 0.05) is 58.9 Å². The summed E-state index contributed by atoms with van der Waals surface area (Å²) >= 11 is 0.